The summed E-state index contributed by atoms with van der Waals surface area (Å²) in [6.45, 7) is 3.70. The summed E-state index contributed by atoms with van der Waals surface area (Å²) in [6.07, 6.45) is -0.725. The highest BCUT2D eigenvalue weighted by Gasteiger charge is 2.35. The van der Waals surface area contributed by atoms with E-state index in [1.54, 1.807) is 13.8 Å². The molecule has 0 radical (unpaired) electrons. The van der Waals surface area contributed by atoms with Gasteiger partial charge < -0.3 is 19.6 Å². The molecule has 2 N–H and O–H groups in total. The minimum atomic E-state index is -4.00. The molecule has 1 saturated heterocycles. The fraction of sp³-hybridized carbons (Fsp3) is 0.348. The lowest BCUT2D eigenvalue weighted by atomic mass is 10.0. The van der Waals surface area contributed by atoms with Crippen LogP contribution >= 0.6 is 0 Å². The Morgan fingerprint density at radius 3 is 2.55 bits per heavy atom. The molecule has 10 heteroatoms. The number of rotatable bonds is 6. The zero-order valence-corrected chi connectivity index (χ0v) is 19.3. The quantitative estimate of drug-likeness (QED) is 0.566. The van der Waals surface area contributed by atoms with Crippen LogP contribution in [0.2, 0.25) is 0 Å². The molecule has 0 bridgehead atoms. The Bertz CT molecular complexity index is 1300. The third-order valence-electron chi connectivity index (χ3n) is 5.42. The fourth-order valence-corrected chi connectivity index (χ4v) is 5.48. The molecule has 2 heterocycles. The SMILES string of the molecule is CNC(=O)c1c(-c2ccc(F)cc2)oc2cc(S(=O)(=O)N3CCC(O)C3)c(OC(C)C)cc12. The molecule has 1 aromatic heterocycles. The molecule has 8 nitrogen and oxygen atoms in total. The first-order valence-corrected chi connectivity index (χ1v) is 12.0. The Balaban J connectivity index is 1.97. The third kappa shape index (κ3) is 4.33. The van der Waals surface area contributed by atoms with E-state index >= 15 is 0 Å². The molecule has 1 atom stereocenters. The van der Waals surface area contributed by atoms with Gasteiger partial charge in [-0.1, -0.05) is 0 Å². The topological polar surface area (TPSA) is 109 Å². The van der Waals surface area contributed by atoms with Gasteiger partial charge in [-0.05, 0) is 50.6 Å². The molecule has 0 saturated carbocycles. The molecular weight excluding hydrogens is 451 g/mol. The highest BCUT2D eigenvalue weighted by molar-refractivity contribution is 7.89. The standard InChI is InChI=1S/C23H25FN2O6S/c1-13(2)31-19-10-17-18(11-20(19)33(29,30)26-9-8-16(27)12-26)32-22(21(17)23(28)25-3)14-4-6-15(24)7-5-14/h4-7,10-11,13,16,27H,8-9,12H2,1-3H3,(H,25,28). The second kappa shape index (κ2) is 8.77. The Labute approximate surface area is 191 Å². The maximum atomic E-state index is 13.5. The minimum Gasteiger partial charge on any atom is -0.490 e. The lowest BCUT2D eigenvalue weighted by Crippen LogP contribution is -2.30. The van der Waals surface area contributed by atoms with Crippen LogP contribution in [0.15, 0.2) is 45.7 Å². The van der Waals surface area contributed by atoms with Crippen molar-refractivity contribution >= 4 is 26.9 Å². The largest absolute Gasteiger partial charge is 0.490 e. The van der Waals surface area contributed by atoms with Crippen LogP contribution in [0.3, 0.4) is 0 Å². The Hall–Kier alpha value is -2.95. The van der Waals surface area contributed by atoms with E-state index in [4.69, 9.17) is 9.15 Å². The van der Waals surface area contributed by atoms with Gasteiger partial charge in [0.15, 0.2) is 0 Å². The van der Waals surface area contributed by atoms with Crippen molar-refractivity contribution in [1.82, 2.24) is 9.62 Å². The van der Waals surface area contributed by atoms with E-state index in [2.05, 4.69) is 5.32 Å². The lowest BCUT2D eigenvalue weighted by molar-refractivity contribution is 0.0964. The van der Waals surface area contributed by atoms with Crippen LogP contribution in [0, 0.1) is 5.82 Å². The molecule has 4 rings (SSSR count). The van der Waals surface area contributed by atoms with Gasteiger partial charge in [-0.15, -0.1) is 0 Å². The molecule has 1 amide bonds. The maximum Gasteiger partial charge on any atom is 0.255 e. The molecule has 0 spiro atoms. The van der Waals surface area contributed by atoms with Gasteiger partial charge in [0.2, 0.25) is 10.0 Å². The molecule has 1 aliphatic heterocycles. The average molecular weight is 477 g/mol. The van der Waals surface area contributed by atoms with E-state index in [0.717, 1.165) is 0 Å². The number of halogens is 1. The molecule has 0 aliphatic carbocycles. The summed E-state index contributed by atoms with van der Waals surface area (Å²) in [6, 6.07) is 8.28. The molecule has 1 aliphatic rings. The number of carbonyl (C=O) groups excluding carboxylic acids is 1. The number of ether oxygens (including phenoxy) is 1. The summed E-state index contributed by atoms with van der Waals surface area (Å²) < 4.78 is 53.2. The number of benzene rings is 2. The number of aliphatic hydroxyl groups excluding tert-OH is 1. The molecular formula is C23H25FN2O6S. The Morgan fingerprint density at radius 1 is 1.27 bits per heavy atom. The summed E-state index contributed by atoms with van der Waals surface area (Å²) in [5.74, 6) is -0.617. The van der Waals surface area contributed by atoms with E-state index in [0.29, 0.717) is 17.4 Å². The summed E-state index contributed by atoms with van der Waals surface area (Å²) >= 11 is 0. The highest BCUT2D eigenvalue weighted by atomic mass is 32.2. The third-order valence-corrected chi connectivity index (χ3v) is 7.31. The zero-order chi connectivity index (χ0) is 23.9. The van der Waals surface area contributed by atoms with Crippen LogP contribution in [-0.4, -0.2) is 56.1 Å². The number of furan rings is 1. The molecule has 1 fully saturated rings. The van der Waals surface area contributed by atoms with Crippen LogP contribution in [0.1, 0.15) is 30.6 Å². The van der Waals surface area contributed by atoms with Crippen LogP contribution in [0.5, 0.6) is 5.75 Å². The van der Waals surface area contributed by atoms with Crippen LogP contribution in [-0.2, 0) is 10.0 Å². The first kappa shape index (κ1) is 23.2. The summed E-state index contributed by atoms with van der Waals surface area (Å²) in [4.78, 5) is 12.7. The predicted molar refractivity (Wildman–Crippen MR) is 120 cm³/mol. The van der Waals surface area contributed by atoms with Crippen molar-refractivity contribution in [2.24, 2.45) is 0 Å². The van der Waals surface area contributed by atoms with Crippen LogP contribution in [0.25, 0.3) is 22.3 Å². The number of sulfonamides is 1. The summed E-state index contributed by atoms with van der Waals surface area (Å²) in [7, 11) is -2.53. The van der Waals surface area contributed by atoms with Crippen molar-refractivity contribution in [1.29, 1.82) is 0 Å². The van der Waals surface area contributed by atoms with E-state index in [1.165, 1.54) is 47.8 Å². The van der Waals surface area contributed by atoms with Crippen molar-refractivity contribution in [3.8, 4) is 17.1 Å². The van der Waals surface area contributed by atoms with Crippen molar-refractivity contribution in [3.63, 3.8) is 0 Å². The van der Waals surface area contributed by atoms with Gasteiger partial charge in [-0.3, -0.25) is 4.79 Å². The van der Waals surface area contributed by atoms with Crippen LogP contribution in [0.4, 0.5) is 4.39 Å². The molecule has 3 aromatic rings. The van der Waals surface area contributed by atoms with Gasteiger partial charge in [0, 0.05) is 37.2 Å². The van der Waals surface area contributed by atoms with E-state index < -0.39 is 27.9 Å². The first-order valence-electron chi connectivity index (χ1n) is 10.5. The van der Waals surface area contributed by atoms with Crippen LogP contribution < -0.4 is 10.1 Å². The number of nitrogens with zero attached hydrogens (tertiary/aromatic N) is 1. The van der Waals surface area contributed by atoms with Gasteiger partial charge in [0.05, 0.1) is 17.8 Å². The number of amides is 1. The summed E-state index contributed by atoms with van der Waals surface area (Å²) in [5.41, 5.74) is 0.820. The number of β-amino-alcohol motifs (C(OH)–C–C–N with tert-alkyl or cyclic N) is 1. The Morgan fingerprint density at radius 2 is 1.97 bits per heavy atom. The normalized spacial score (nSPS) is 17.1. The monoisotopic (exact) mass is 476 g/mol. The highest BCUT2D eigenvalue weighted by Crippen LogP contribution is 2.40. The van der Waals surface area contributed by atoms with Gasteiger partial charge in [-0.25, -0.2) is 12.8 Å². The second-order valence-corrected chi connectivity index (χ2v) is 10.1. The number of hydrogen-bond donors (Lipinski definition) is 2. The van der Waals surface area contributed by atoms with Gasteiger partial charge in [0.25, 0.3) is 5.91 Å². The number of nitrogens with one attached hydrogen (secondary N) is 1. The molecule has 33 heavy (non-hydrogen) atoms. The zero-order valence-electron chi connectivity index (χ0n) is 18.5. The van der Waals surface area contributed by atoms with E-state index in [1.807, 2.05) is 0 Å². The number of hydrogen-bond acceptors (Lipinski definition) is 6. The van der Waals surface area contributed by atoms with Crippen molar-refractivity contribution in [2.45, 2.75) is 37.4 Å². The van der Waals surface area contributed by atoms with E-state index in [9.17, 15) is 22.7 Å². The lowest BCUT2D eigenvalue weighted by Gasteiger charge is -2.20. The van der Waals surface area contributed by atoms with Gasteiger partial charge in [0.1, 0.15) is 27.8 Å². The fourth-order valence-electron chi connectivity index (χ4n) is 3.88. The number of fused-ring (bicyclic) bond motifs is 1. The predicted octanol–water partition coefficient (Wildman–Crippen LogP) is 3.14. The van der Waals surface area contributed by atoms with Crippen molar-refractivity contribution < 1.29 is 31.9 Å². The molecule has 2 aromatic carbocycles. The molecule has 1 unspecified atom stereocenters. The maximum absolute atomic E-state index is 13.5. The summed E-state index contributed by atoms with van der Waals surface area (Å²) in [5, 5.41) is 12.8. The number of aliphatic hydroxyl groups is 1. The van der Waals surface area contributed by atoms with Gasteiger partial charge in [-0.2, -0.15) is 4.31 Å². The van der Waals surface area contributed by atoms with Gasteiger partial charge >= 0.3 is 0 Å². The average Bonchev–Trinajstić information content (AvgIpc) is 3.36. The minimum absolute atomic E-state index is 0.00996. The Kier molecular flexibility index (Phi) is 6.17. The molecule has 176 valence electrons. The smallest absolute Gasteiger partial charge is 0.255 e. The second-order valence-electron chi connectivity index (χ2n) is 8.16. The van der Waals surface area contributed by atoms with E-state index in [-0.39, 0.29) is 46.7 Å². The first-order chi connectivity index (χ1) is 15.6. The van der Waals surface area contributed by atoms with Crippen molar-refractivity contribution in [3.05, 3.63) is 47.8 Å². The number of carbonyl (C=O) groups is 1. The van der Waals surface area contributed by atoms with Crippen molar-refractivity contribution in [2.75, 3.05) is 20.1 Å².